The van der Waals surface area contributed by atoms with Crippen molar-refractivity contribution in [3.63, 3.8) is 0 Å². The maximum absolute atomic E-state index is 12.7. The van der Waals surface area contributed by atoms with Gasteiger partial charge in [0.05, 0.1) is 11.6 Å². The Morgan fingerprint density at radius 3 is 2.19 bits per heavy atom. The van der Waals surface area contributed by atoms with Crippen LogP contribution in [0, 0.1) is 13.8 Å². The van der Waals surface area contributed by atoms with Crippen LogP contribution in [-0.4, -0.2) is 0 Å². The topological polar surface area (TPSA) is 26.0 Å². The SMILES string of the molecule is Cc1cc(C(N)c2ccc(C(F)(F)F)cc2C)ccc1Br. The third kappa shape index (κ3) is 3.47. The Morgan fingerprint density at radius 2 is 1.67 bits per heavy atom. The van der Waals surface area contributed by atoms with Gasteiger partial charge in [0.1, 0.15) is 0 Å². The maximum Gasteiger partial charge on any atom is 0.416 e. The number of alkyl halides is 3. The number of hydrogen-bond donors (Lipinski definition) is 1. The summed E-state index contributed by atoms with van der Waals surface area (Å²) < 4.78 is 39.0. The van der Waals surface area contributed by atoms with Gasteiger partial charge in [0.15, 0.2) is 0 Å². The zero-order valence-electron chi connectivity index (χ0n) is 11.6. The molecular formula is C16H15BrF3N. The van der Waals surface area contributed by atoms with Crippen LogP contribution in [0.2, 0.25) is 0 Å². The smallest absolute Gasteiger partial charge is 0.320 e. The van der Waals surface area contributed by atoms with Gasteiger partial charge in [-0.3, -0.25) is 0 Å². The van der Waals surface area contributed by atoms with Crippen LogP contribution in [0.1, 0.15) is 33.9 Å². The summed E-state index contributed by atoms with van der Waals surface area (Å²) in [4.78, 5) is 0. The highest BCUT2D eigenvalue weighted by molar-refractivity contribution is 9.10. The third-order valence-corrected chi connectivity index (χ3v) is 4.36. The van der Waals surface area contributed by atoms with Crippen molar-refractivity contribution < 1.29 is 13.2 Å². The van der Waals surface area contributed by atoms with Crippen LogP contribution in [0.4, 0.5) is 13.2 Å². The normalized spacial score (nSPS) is 13.3. The van der Waals surface area contributed by atoms with Gasteiger partial charge in [-0.05, 0) is 54.3 Å². The Hall–Kier alpha value is -1.33. The van der Waals surface area contributed by atoms with Crippen LogP contribution < -0.4 is 5.73 Å². The molecule has 2 N–H and O–H groups in total. The Balaban J connectivity index is 2.39. The number of halogens is 4. The lowest BCUT2D eigenvalue weighted by molar-refractivity contribution is -0.137. The third-order valence-electron chi connectivity index (χ3n) is 3.47. The monoisotopic (exact) mass is 357 g/mol. The molecule has 2 rings (SSSR count). The molecule has 0 saturated heterocycles. The van der Waals surface area contributed by atoms with Crippen molar-refractivity contribution in [2.45, 2.75) is 26.1 Å². The molecule has 2 aromatic rings. The highest BCUT2D eigenvalue weighted by atomic mass is 79.9. The molecule has 5 heteroatoms. The summed E-state index contributed by atoms with van der Waals surface area (Å²) in [7, 11) is 0. The zero-order valence-corrected chi connectivity index (χ0v) is 13.2. The first-order valence-electron chi connectivity index (χ1n) is 6.39. The molecule has 0 aliphatic heterocycles. The predicted octanol–water partition coefficient (Wildman–Crippen LogP) is 5.13. The molecule has 0 aliphatic rings. The number of rotatable bonds is 2. The molecule has 1 unspecified atom stereocenters. The van der Waals surface area contributed by atoms with Gasteiger partial charge in [-0.25, -0.2) is 0 Å². The molecule has 112 valence electrons. The van der Waals surface area contributed by atoms with Gasteiger partial charge in [0, 0.05) is 4.47 Å². The molecule has 0 fully saturated rings. The molecule has 21 heavy (non-hydrogen) atoms. The van der Waals surface area contributed by atoms with Gasteiger partial charge >= 0.3 is 6.18 Å². The second-order valence-electron chi connectivity index (χ2n) is 5.06. The van der Waals surface area contributed by atoms with Crippen molar-refractivity contribution in [2.75, 3.05) is 0 Å². The predicted molar refractivity (Wildman–Crippen MR) is 81.1 cm³/mol. The van der Waals surface area contributed by atoms with Crippen LogP contribution in [0.15, 0.2) is 40.9 Å². The van der Waals surface area contributed by atoms with Gasteiger partial charge in [-0.15, -0.1) is 0 Å². The molecule has 1 atom stereocenters. The van der Waals surface area contributed by atoms with Crippen LogP contribution in [0.25, 0.3) is 0 Å². The molecule has 0 aliphatic carbocycles. The minimum absolute atomic E-state index is 0.445. The second-order valence-corrected chi connectivity index (χ2v) is 5.91. The molecule has 0 saturated carbocycles. The molecule has 0 heterocycles. The average molecular weight is 358 g/mol. The van der Waals surface area contributed by atoms with E-state index in [1.54, 1.807) is 6.92 Å². The van der Waals surface area contributed by atoms with E-state index in [9.17, 15) is 13.2 Å². The van der Waals surface area contributed by atoms with Crippen molar-refractivity contribution in [2.24, 2.45) is 5.73 Å². The van der Waals surface area contributed by atoms with Crippen LogP contribution in [0.5, 0.6) is 0 Å². The summed E-state index contributed by atoms with van der Waals surface area (Å²) in [5.74, 6) is 0. The number of benzene rings is 2. The molecule has 0 bridgehead atoms. The van der Waals surface area contributed by atoms with E-state index < -0.39 is 17.8 Å². The fraction of sp³-hybridized carbons (Fsp3) is 0.250. The summed E-state index contributed by atoms with van der Waals surface area (Å²) in [6.07, 6.45) is -4.33. The summed E-state index contributed by atoms with van der Waals surface area (Å²) in [6, 6.07) is 8.93. The Kier molecular flexibility index (Phi) is 4.44. The number of hydrogen-bond acceptors (Lipinski definition) is 1. The molecule has 0 spiro atoms. The van der Waals surface area contributed by atoms with Crippen molar-refractivity contribution in [1.29, 1.82) is 0 Å². The van der Waals surface area contributed by atoms with Gasteiger partial charge < -0.3 is 5.73 Å². The zero-order chi connectivity index (χ0) is 15.8. The van der Waals surface area contributed by atoms with Crippen molar-refractivity contribution in [1.82, 2.24) is 0 Å². The maximum atomic E-state index is 12.7. The minimum Gasteiger partial charge on any atom is -0.320 e. The summed E-state index contributed by atoms with van der Waals surface area (Å²) in [5.41, 5.74) is 8.70. The van der Waals surface area contributed by atoms with E-state index in [1.165, 1.54) is 6.07 Å². The molecule has 2 aromatic carbocycles. The largest absolute Gasteiger partial charge is 0.416 e. The molecule has 1 nitrogen and oxygen atoms in total. The van der Waals surface area contributed by atoms with E-state index in [2.05, 4.69) is 15.9 Å². The highest BCUT2D eigenvalue weighted by Crippen LogP contribution is 2.33. The number of aryl methyl sites for hydroxylation is 2. The lowest BCUT2D eigenvalue weighted by Gasteiger charge is -2.18. The van der Waals surface area contributed by atoms with E-state index in [0.29, 0.717) is 11.1 Å². The number of nitrogens with two attached hydrogens (primary N) is 1. The first kappa shape index (κ1) is 16.0. The van der Waals surface area contributed by atoms with Gasteiger partial charge in [0.25, 0.3) is 0 Å². The Labute approximate surface area is 130 Å². The van der Waals surface area contributed by atoms with Crippen molar-refractivity contribution >= 4 is 15.9 Å². The van der Waals surface area contributed by atoms with Gasteiger partial charge in [-0.1, -0.05) is 34.1 Å². The Bertz CT molecular complexity index is 665. The average Bonchev–Trinajstić information content (AvgIpc) is 2.40. The molecule has 0 aromatic heterocycles. The van der Waals surface area contributed by atoms with E-state index in [-0.39, 0.29) is 0 Å². The summed E-state index contributed by atoms with van der Waals surface area (Å²) in [5, 5.41) is 0. The summed E-state index contributed by atoms with van der Waals surface area (Å²) >= 11 is 3.41. The van der Waals surface area contributed by atoms with Crippen LogP contribution >= 0.6 is 15.9 Å². The first-order valence-corrected chi connectivity index (χ1v) is 7.19. The lowest BCUT2D eigenvalue weighted by atomic mass is 9.93. The molecule has 0 radical (unpaired) electrons. The highest BCUT2D eigenvalue weighted by Gasteiger charge is 2.31. The fourth-order valence-electron chi connectivity index (χ4n) is 2.24. The van der Waals surface area contributed by atoms with Crippen molar-refractivity contribution in [3.8, 4) is 0 Å². The van der Waals surface area contributed by atoms with Crippen LogP contribution in [-0.2, 0) is 6.18 Å². The van der Waals surface area contributed by atoms with Gasteiger partial charge in [-0.2, -0.15) is 13.2 Å². The fourth-order valence-corrected chi connectivity index (χ4v) is 2.49. The Morgan fingerprint density at radius 1 is 1.00 bits per heavy atom. The van der Waals surface area contributed by atoms with E-state index in [4.69, 9.17) is 5.73 Å². The van der Waals surface area contributed by atoms with Crippen molar-refractivity contribution in [3.05, 3.63) is 68.7 Å². The quantitative estimate of drug-likeness (QED) is 0.791. The van der Waals surface area contributed by atoms with E-state index >= 15 is 0 Å². The van der Waals surface area contributed by atoms with E-state index in [1.807, 2.05) is 25.1 Å². The van der Waals surface area contributed by atoms with E-state index in [0.717, 1.165) is 27.7 Å². The first-order chi connectivity index (χ1) is 9.70. The lowest BCUT2D eigenvalue weighted by Crippen LogP contribution is -2.14. The van der Waals surface area contributed by atoms with Gasteiger partial charge in [0.2, 0.25) is 0 Å². The minimum atomic E-state index is -4.33. The molecular weight excluding hydrogens is 343 g/mol. The standard InChI is InChI=1S/C16H15BrF3N/c1-9-8-12(16(18,19)20)4-5-13(9)15(21)11-3-6-14(17)10(2)7-11/h3-8,15H,21H2,1-2H3. The summed E-state index contributed by atoms with van der Waals surface area (Å²) in [6.45, 7) is 3.59. The van der Waals surface area contributed by atoms with Crippen LogP contribution in [0.3, 0.4) is 0 Å². The molecule has 0 amide bonds. The second kappa shape index (κ2) is 5.81.